The molecule has 0 spiro atoms. The van der Waals surface area contributed by atoms with Crippen LogP contribution in [0.1, 0.15) is 11.1 Å². The predicted octanol–water partition coefficient (Wildman–Crippen LogP) is 3.80. The van der Waals surface area contributed by atoms with Crippen molar-refractivity contribution < 1.29 is 10.2 Å². The highest BCUT2D eigenvalue weighted by atomic mass is 35.5. The average Bonchev–Trinajstić information content (AvgIpc) is 2.41. The van der Waals surface area contributed by atoms with Crippen molar-refractivity contribution in [2.75, 3.05) is 5.32 Å². The smallest absolute Gasteiger partial charge is 0.139 e. The van der Waals surface area contributed by atoms with Crippen molar-refractivity contribution in [3.05, 3.63) is 57.6 Å². The molecule has 100 valence electrons. The third kappa shape index (κ3) is 3.32. The maximum atomic E-state index is 9.85. The molecule has 3 nitrogen and oxygen atoms in total. The molecular formula is C14H13Cl2NO2. The molecule has 5 heteroatoms. The van der Waals surface area contributed by atoms with Crippen molar-refractivity contribution in [3.63, 3.8) is 0 Å². The monoisotopic (exact) mass is 297 g/mol. The Balaban J connectivity index is 2.19. The number of aromatic hydroxyl groups is 1. The van der Waals surface area contributed by atoms with E-state index in [1.54, 1.807) is 6.07 Å². The summed E-state index contributed by atoms with van der Waals surface area (Å²) >= 11 is 11.8. The minimum absolute atomic E-state index is 0.0139. The third-order valence-electron chi connectivity index (χ3n) is 2.76. The Morgan fingerprint density at radius 3 is 2.53 bits per heavy atom. The van der Waals surface area contributed by atoms with E-state index in [1.807, 2.05) is 24.3 Å². The highest BCUT2D eigenvalue weighted by Crippen LogP contribution is 2.31. The lowest BCUT2D eigenvalue weighted by Gasteiger charge is -2.12. The van der Waals surface area contributed by atoms with Crippen LogP contribution in [0, 0.1) is 0 Å². The molecule has 2 aromatic carbocycles. The Hall–Kier alpha value is -1.42. The van der Waals surface area contributed by atoms with E-state index in [0.29, 0.717) is 17.1 Å². The van der Waals surface area contributed by atoms with Gasteiger partial charge in [0, 0.05) is 28.4 Å². The van der Waals surface area contributed by atoms with Crippen LogP contribution in [0.25, 0.3) is 0 Å². The Labute approximate surface area is 121 Å². The van der Waals surface area contributed by atoms with Crippen LogP contribution in [0.5, 0.6) is 5.75 Å². The maximum absolute atomic E-state index is 9.85. The average molecular weight is 298 g/mol. The van der Waals surface area contributed by atoms with Gasteiger partial charge in [-0.2, -0.15) is 0 Å². The van der Waals surface area contributed by atoms with Gasteiger partial charge in [0.25, 0.3) is 0 Å². The van der Waals surface area contributed by atoms with E-state index < -0.39 is 0 Å². The maximum Gasteiger partial charge on any atom is 0.139 e. The molecule has 0 bridgehead atoms. The number of halogens is 2. The van der Waals surface area contributed by atoms with E-state index >= 15 is 0 Å². The molecule has 0 aliphatic heterocycles. The summed E-state index contributed by atoms with van der Waals surface area (Å²) in [7, 11) is 0. The first-order chi connectivity index (χ1) is 9.11. The van der Waals surface area contributed by atoms with E-state index in [0.717, 1.165) is 11.3 Å². The van der Waals surface area contributed by atoms with Crippen LogP contribution in [0.2, 0.25) is 10.0 Å². The van der Waals surface area contributed by atoms with Gasteiger partial charge in [-0.05, 0) is 18.2 Å². The van der Waals surface area contributed by atoms with E-state index in [-0.39, 0.29) is 17.4 Å². The van der Waals surface area contributed by atoms with Gasteiger partial charge in [-0.15, -0.1) is 0 Å². The minimum Gasteiger partial charge on any atom is -0.506 e. The zero-order valence-electron chi connectivity index (χ0n) is 10.0. The molecule has 0 radical (unpaired) electrons. The van der Waals surface area contributed by atoms with Gasteiger partial charge in [0.15, 0.2) is 0 Å². The number of nitrogens with one attached hydrogen (secondary N) is 1. The van der Waals surface area contributed by atoms with Crippen molar-refractivity contribution in [2.45, 2.75) is 13.2 Å². The van der Waals surface area contributed by atoms with Gasteiger partial charge in [-0.1, -0.05) is 41.4 Å². The van der Waals surface area contributed by atoms with Crippen molar-refractivity contribution in [2.24, 2.45) is 0 Å². The molecule has 0 aliphatic carbocycles. The van der Waals surface area contributed by atoms with E-state index in [4.69, 9.17) is 23.2 Å². The molecule has 0 amide bonds. The molecule has 0 heterocycles. The van der Waals surface area contributed by atoms with Crippen molar-refractivity contribution in [1.29, 1.82) is 0 Å². The Morgan fingerprint density at radius 2 is 1.79 bits per heavy atom. The van der Waals surface area contributed by atoms with Crippen LogP contribution in [-0.2, 0) is 13.2 Å². The number of rotatable bonds is 4. The highest BCUT2D eigenvalue weighted by Gasteiger charge is 2.08. The SMILES string of the molecule is OCc1ccccc1NCc1cc(Cl)cc(Cl)c1O. The number of hydrogen-bond acceptors (Lipinski definition) is 3. The van der Waals surface area contributed by atoms with Crippen LogP contribution >= 0.6 is 23.2 Å². The fourth-order valence-electron chi connectivity index (χ4n) is 1.78. The number of anilines is 1. The molecule has 0 aliphatic rings. The second kappa shape index (κ2) is 6.15. The van der Waals surface area contributed by atoms with Gasteiger partial charge in [0.1, 0.15) is 5.75 Å². The molecule has 0 saturated carbocycles. The molecule has 0 unspecified atom stereocenters. The van der Waals surface area contributed by atoms with Gasteiger partial charge in [-0.3, -0.25) is 0 Å². The van der Waals surface area contributed by atoms with E-state index in [2.05, 4.69) is 5.32 Å². The number of hydrogen-bond donors (Lipinski definition) is 3. The topological polar surface area (TPSA) is 52.5 Å². The zero-order chi connectivity index (χ0) is 13.8. The molecule has 2 aromatic rings. The molecule has 0 aromatic heterocycles. The largest absolute Gasteiger partial charge is 0.506 e. The Bertz CT molecular complexity index is 588. The standard InChI is InChI=1S/C14H13Cl2NO2/c15-11-5-10(14(19)12(16)6-11)7-17-13-4-2-1-3-9(13)8-18/h1-6,17-19H,7-8H2. The van der Waals surface area contributed by atoms with Gasteiger partial charge < -0.3 is 15.5 Å². The molecule has 0 atom stereocenters. The normalized spacial score (nSPS) is 10.5. The summed E-state index contributed by atoms with van der Waals surface area (Å²) in [5, 5.41) is 22.9. The second-order valence-corrected chi connectivity index (χ2v) is 4.91. The minimum atomic E-state index is -0.0501. The van der Waals surface area contributed by atoms with Gasteiger partial charge >= 0.3 is 0 Å². The lowest BCUT2D eigenvalue weighted by molar-refractivity contribution is 0.282. The third-order valence-corrected chi connectivity index (χ3v) is 3.27. The quantitative estimate of drug-likeness (QED) is 0.804. The predicted molar refractivity (Wildman–Crippen MR) is 77.8 cm³/mol. The summed E-state index contributed by atoms with van der Waals surface area (Å²) in [6.45, 7) is 0.314. The summed E-state index contributed by atoms with van der Waals surface area (Å²) in [6.07, 6.45) is 0. The number of aliphatic hydroxyl groups is 1. The summed E-state index contributed by atoms with van der Waals surface area (Å²) < 4.78 is 0. The number of benzene rings is 2. The fourth-order valence-corrected chi connectivity index (χ4v) is 2.31. The first-order valence-electron chi connectivity index (χ1n) is 5.71. The summed E-state index contributed by atoms with van der Waals surface area (Å²) in [5.41, 5.74) is 2.20. The van der Waals surface area contributed by atoms with Crippen molar-refractivity contribution >= 4 is 28.9 Å². The summed E-state index contributed by atoms with van der Waals surface area (Å²) in [6, 6.07) is 10.5. The molecule has 3 N–H and O–H groups in total. The number of phenolic OH excluding ortho intramolecular Hbond substituents is 1. The van der Waals surface area contributed by atoms with Gasteiger partial charge in [-0.25, -0.2) is 0 Å². The number of phenols is 1. The highest BCUT2D eigenvalue weighted by molar-refractivity contribution is 6.35. The van der Waals surface area contributed by atoms with E-state index in [1.165, 1.54) is 6.07 Å². The van der Waals surface area contributed by atoms with Gasteiger partial charge in [0.2, 0.25) is 0 Å². The lowest BCUT2D eigenvalue weighted by Crippen LogP contribution is -2.03. The Kier molecular flexibility index (Phi) is 4.53. The first kappa shape index (κ1) is 14.0. The first-order valence-corrected chi connectivity index (χ1v) is 6.47. The van der Waals surface area contributed by atoms with Crippen LogP contribution in [0.15, 0.2) is 36.4 Å². The van der Waals surface area contributed by atoms with Crippen LogP contribution in [-0.4, -0.2) is 10.2 Å². The van der Waals surface area contributed by atoms with Crippen LogP contribution in [0.3, 0.4) is 0 Å². The zero-order valence-corrected chi connectivity index (χ0v) is 11.5. The fraction of sp³-hybridized carbons (Fsp3) is 0.143. The number of aliphatic hydroxyl groups excluding tert-OH is 1. The summed E-state index contributed by atoms with van der Waals surface area (Å²) in [4.78, 5) is 0. The Morgan fingerprint density at radius 1 is 1.05 bits per heavy atom. The second-order valence-electron chi connectivity index (χ2n) is 4.06. The van der Waals surface area contributed by atoms with Crippen molar-refractivity contribution in [1.82, 2.24) is 0 Å². The van der Waals surface area contributed by atoms with Gasteiger partial charge in [0.05, 0.1) is 11.6 Å². The molecule has 0 saturated heterocycles. The summed E-state index contributed by atoms with van der Waals surface area (Å²) in [5.74, 6) is 0.0139. The molecule has 19 heavy (non-hydrogen) atoms. The van der Waals surface area contributed by atoms with E-state index in [9.17, 15) is 10.2 Å². The lowest BCUT2D eigenvalue weighted by atomic mass is 10.1. The molecule has 2 rings (SSSR count). The van der Waals surface area contributed by atoms with Crippen LogP contribution < -0.4 is 5.32 Å². The molecular weight excluding hydrogens is 285 g/mol. The van der Waals surface area contributed by atoms with Crippen LogP contribution in [0.4, 0.5) is 5.69 Å². The van der Waals surface area contributed by atoms with Crippen molar-refractivity contribution in [3.8, 4) is 5.75 Å². The molecule has 0 fully saturated rings. The number of para-hydroxylation sites is 1.